The van der Waals surface area contributed by atoms with E-state index in [2.05, 4.69) is 27.3 Å². The van der Waals surface area contributed by atoms with Gasteiger partial charge in [0.25, 0.3) is 0 Å². The number of pyridine rings is 1. The van der Waals surface area contributed by atoms with Crippen molar-refractivity contribution in [2.45, 2.75) is 19.4 Å². The van der Waals surface area contributed by atoms with Crippen LogP contribution in [0.1, 0.15) is 24.5 Å². The van der Waals surface area contributed by atoms with Gasteiger partial charge < -0.3 is 5.32 Å². The summed E-state index contributed by atoms with van der Waals surface area (Å²) in [4.78, 5) is 8.59. The molecule has 1 N–H and O–H groups in total. The summed E-state index contributed by atoms with van der Waals surface area (Å²) in [5.74, 6) is 0.905. The molecule has 0 fully saturated rings. The van der Waals surface area contributed by atoms with Crippen LogP contribution in [0.2, 0.25) is 5.02 Å². The highest BCUT2D eigenvalue weighted by molar-refractivity contribution is 6.31. The molecular weight excluding hydrogens is 250 g/mol. The fourth-order valence-corrected chi connectivity index (χ4v) is 2.11. The quantitative estimate of drug-likeness (QED) is 0.895. The standard InChI is InChI=1S/C12H16ClN5/c1-3-14-10(7-11-16-8-17-18(11)2)12-9(13)5-4-6-15-12/h4-6,8,10,14H,3,7H2,1-2H3. The normalized spacial score (nSPS) is 12.6. The fraction of sp³-hybridized carbons (Fsp3) is 0.417. The summed E-state index contributed by atoms with van der Waals surface area (Å²) in [6.45, 7) is 2.90. The second kappa shape index (κ2) is 5.93. The van der Waals surface area contributed by atoms with Gasteiger partial charge in [-0.3, -0.25) is 9.67 Å². The maximum Gasteiger partial charge on any atom is 0.138 e. The maximum absolute atomic E-state index is 6.19. The molecule has 0 saturated carbocycles. The minimum atomic E-state index is 0.0478. The summed E-state index contributed by atoms with van der Waals surface area (Å²) in [7, 11) is 1.88. The summed E-state index contributed by atoms with van der Waals surface area (Å²) in [5, 5.41) is 8.12. The molecule has 18 heavy (non-hydrogen) atoms. The lowest BCUT2D eigenvalue weighted by atomic mass is 10.1. The number of likely N-dealkylation sites (N-methyl/N-ethyl adjacent to an activating group) is 1. The van der Waals surface area contributed by atoms with Crippen LogP contribution in [0.15, 0.2) is 24.7 Å². The Labute approximate surface area is 111 Å². The van der Waals surface area contributed by atoms with Crippen molar-refractivity contribution in [1.29, 1.82) is 0 Å². The third-order valence-corrected chi connectivity index (χ3v) is 3.08. The number of aromatic nitrogens is 4. The van der Waals surface area contributed by atoms with Gasteiger partial charge in [0.05, 0.1) is 16.8 Å². The number of halogens is 1. The average molecular weight is 266 g/mol. The van der Waals surface area contributed by atoms with E-state index in [-0.39, 0.29) is 6.04 Å². The van der Waals surface area contributed by atoms with E-state index >= 15 is 0 Å². The summed E-state index contributed by atoms with van der Waals surface area (Å²) < 4.78 is 1.77. The van der Waals surface area contributed by atoms with Crippen molar-refractivity contribution in [3.05, 3.63) is 41.2 Å². The van der Waals surface area contributed by atoms with E-state index in [4.69, 9.17) is 11.6 Å². The highest BCUT2D eigenvalue weighted by Crippen LogP contribution is 2.22. The molecule has 2 rings (SSSR count). The Morgan fingerprint density at radius 2 is 2.28 bits per heavy atom. The predicted octanol–water partition coefficient (Wildman–Crippen LogP) is 1.76. The first-order valence-corrected chi connectivity index (χ1v) is 6.26. The molecule has 0 aliphatic carbocycles. The Bertz CT molecular complexity index is 511. The Hall–Kier alpha value is -1.46. The van der Waals surface area contributed by atoms with Crippen LogP contribution >= 0.6 is 11.6 Å². The fourth-order valence-electron chi connectivity index (χ4n) is 1.85. The zero-order valence-corrected chi connectivity index (χ0v) is 11.2. The van der Waals surface area contributed by atoms with Crippen molar-refractivity contribution in [2.75, 3.05) is 6.54 Å². The minimum Gasteiger partial charge on any atom is -0.308 e. The zero-order valence-electron chi connectivity index (χ0n) is 10.5. The summed E-state index contributed by atoms with van der Waals surface area (Å²) in [5.41, 5.74) is 0.851. The monoisotopic (exact) mass is 265 g/mol. The largest absolute Gasteiger partial charge is 0.308 e. The predicted molar refractivity (Wildman–Crippen MR) is 70.4 cm³/mol. The molecule has 0 aromatic carbocycles. The van der Waals surface area contributed by atoms with Gasteiger partial charge in [-0.15, -0.1) is 0 Å². The molecule has 0 amide bonds. The first-order valence-electron chi connectivity index (χ1n) is 5.89. The average Bonchev–Trinajstić information content (AvgIpc) is 2.75. The van der Waals surface area contributed by atoms with E-state index < -0.39 is 0 Å². The molecule has 0 spiro atoms. The molecule has 0 saturated heterocycles. The number of rotatable bonds is 5. The SMILES string of the molecule is CCNC(Cc1ncnn1C)c1ncccc1Cl. The third kappa shape index (κ3) is 2.86. The number of nitrogens with zero attached hydrogens (tertiary/aromatic N) is 4. The Morgan fingerprint density at radius 3 is 2.89 bits per heavy atom. The van der Waals surface area contributed by atoms with Crippen LogP contribution in [0.25, 0.3) is 0 Å². The van der Waals surface area contributed by atoms with Crippen molar-refractivity contribution in [3.8, 4) is 0 Å². The topological polar surface area (TPSA) is 55.6 Å². The molecule has 0 radical (unpaired) electrons. The van der Waals surface area contributed by atoms with Crippen LogP contribution in [0.5, 0.6) is 0 Å². The van der Waals surface area contributed by atoms with Crippen LogP contribution in [-0.2, 0) is 13.5 Å². The van der Waals surface area contributed by atoms with Crippen LogP contribution in [0.4, 0.5) is 0 Å². The lowest BCUT2D eigenvalue weighted by Gasteiger charge is -2.17. The maximum atomic E-state index is 6.19. The lowest BCUT2D eigenvalue weighted by Crippen LogP contribution is -2.25. The van der Waals surface area contributed by atoms with Gasteiger partial charge in [-0.05, 0) is 18.7 Å². The molecule has 0 bridgehead atoms. The van der Waals surface area contributed by atoms with E-state index in [0.717, 1.165) is 18.1 Å². The second-order valence-corrected chi connectivity index (χ2v) is 4.39. The van der Waals surface area contributed by atoms with Gasteiger partial charge in [0.15, 0.2) is 0 Å². The molecular formula is C12H16ClN5. The molecule has 1 atom stereocenters. The van der Waals surface area contributed by atoms with Gasteiger partial charge in [-0.1, -0.05) is 18.5 Å². The molecule has 2 aromatic heterocycles. The van der Waals surface area contributed by atoms with E-state index in [1.54, 1.807) is 17.2 Å². The van der Waals surface area contributed by atoms with Crippen molar-refractivity contribution in [3.63, 3.8) is 0 Å². The van der Waals surface area contributed by atoms with Gasteiger partial charge in [-0.2, -0.15) is 5.10 Å². The van der Waals surface area contributed by atoms with Crippen molar-refractivity contribution in [2.24, 2.45) is 7.05 Å². The zero-order chi connectivity index (χ0) is 13.0. The third-order valence-electron chi connectivity index (χ3n) is 2.76. The van der Waals surface area contributed by atoms with Crippen LogP contribution < -0.4 is 5.32 Å². The first-order chi connectivity index (χ1) is 8.72. The summed E-state index contributed by atoms with van der Waals surface area (Å²) in [6.07, 6.45) is 4.02. The van der Waals surface area contributed by atoms with Gasteiger partial charge in [-0.25, -0.2) is 4.98 Å². The van der Waals surface area contributed by atoms with E-state index in [1.165, 1.54) is 0 Å². The highest BCUT2D eigenvalue weighted by Gasteiger charge is 2.17. The molecule has 96 valence electrons. The molecule has 2 aromatic rings. The first kappa shape index (κ1) is 13.0. The van der Waals surface area contributed by atoms with Crippen LogP contribution in [0, 0.1) is 0 Å². The highest BCUT2D eigenvalue weighted by atomic mass is 35.5. The lowest BCUT2D eigenvalue weighted by molar-refractivity contribution is 0.511. The van der Waals surface area contributed by atoms with Crippen molar-refractivity contribution >= 4 is 11.6 Å². The molecule has 6 heteroatoms. The Balaban J connectivity index is 2.24. The van der Waals surface area contributed by atoms with Crippen molar-refractivity contribution < 1.29 is 0 Å². The van der Waals surface area contributed by atoms with E-state index in [1.807, 2.05) is 19.2 Å². The second-order valence-electron chi connectivity index (χ2n) is 3.98. The number of hydrogen-bond acceptors (Lipinski definition) is 4. The number of nitrogens with one attached hydrogen (secondary N) is 1. The van der Waals surface area contributed by atoms with E-state index in [0.29, 0.717) is 11.4 Å². The molecule has 5 nitrogen and oxygen atoms in total. The smallest absolute Gasteiger partial charge is 0.138 e. The minimum absolute atomic E-state index is 0.0478. The summed E-state index contributed by atoms with van der Waals surface area (Å²) >= 11 is 6.19. The van der Waals surface area contributed by atoms with Crippen LogP contribution in [-0.4, -0.2) is 26.3 Å². The molecule has 0 aliphatic heterocycles. The number of aryl methyl sites for hydroxylation is 1. The summed E-state index contributed by atoms with van der Waals surface area (Å²) in [6, 6.07) is 3.73. The van der Waals surface area contributed by atoms with Gasteiger partial charge in [0.2, 0.25) is 0 Å². The molecule has 2 heterocycles. The number of hydrogen-bond donors (Lipinski definition) is 1. The van der Waals surface area contributed by atoms with Gasteiger partial charge in [0.1, 0.15) is 12.2 Å². The van der Waals surface area contributed by atoms with E-state index in [9.17, 15) is 0 Å². The Morgan fingerprint density at radius 1 is 1.44 bits per heavy atom. The molecule has 1 unspecified atom stereocenters. The van der Waals surface area contributed by atoms with Gasteiger partial charge in [0, 0.05) is 19.7 Å². The van der Waals surface area contributed by atoms with Crippen molar-refractivity contribution in [1.82, 2.24) is 25.1 Å². The molecule has 0 aliphatic rings. The Kier molecular flexibility index (Phi) is 4.28. The van der Waals surface area contributed by atoms with Gasteiger partial charge >= 0.3 is 0 Å². The van der Waals surface area contributed by atoms with Crippen LogP contribution in [0.3, 0.4) is 0 Å².